The van der Waals surface area contributed by atoms with Crippen molar-refractivity contribution < 1.29 is 4.74 Å². The number of ether oxygens (including phenoxy) is 1. The molecule has 1 aliphatic rings. The molecule has 0 bridgehead atoms. The predicted molar refractivity (Wildman–Crippen MR) is 90.0 cm³/mol. The van der Waals surface area contributed by atoms with Gasteiger partial charge in [-0.2, -0.15) is 0 Å². The molecule has 122 valence electrons. The van der Waals surface area contributed by atoms with Gasteiger partial charge in [0.15, 0.2) is 5.96 Å². The molecule has 1 saturated carbocycles. The van der Waals surface area contributed by atoms with Crippen molar-refractivity contribution in [1.29, 1.82) is 0 Å². The number of guanidine groups is 1. The summed E-state index contributed by atoms with van der Waals surface area (Å²) in [6.07, 6.45) is 6.82. The van der Waals surface area contributed by atoms with Crippen LogP contribution in [-0.4, -0.2) is 38.3 Å². The molecule has 1 heterocycles. The van der Waals surface area contributed by atoms with Crippen molar-refractivity contribution in [2.45, 2.75) is 39.2 Å². The van der Waals surface area contributed by atoms with Gasteiger partial charge in [0.25, 0.3) is 0 Å². The quantitative estimate of drug-likeness (QED) is 0.599. The van der Waals surface area contributed by atoms with E-state index in [1.165, 1.54) is 24.8 Å². The van der Waals surface area contributed by atoms with Gasteiger partial charge in [0.2, 0.25) is 0 Å². The highest BCUT2D eigenvalue weighted by Crippen LogP contribution is 2.43. The van der Waals surface area contributed by atoms with E-state index in [9.17, 15) is 0 Å². The zero-order valence-corrected chi connectivity index (χ0v) is 14.0. The van der Waals surface area contributed by atoms with Crippen molar-refractivity contribution >= 4 is 5.96 Å². The minimum atomic E-state index is 0.383. The number of aryl methyl sites for hydroxylation is 1. The lowest BCUT2D eigenvalue weighted by molar-refractivity contribution is 0.0732. The first-order valence-electron chi connectivity index (χ1n) is 8.03. The van der Waals surface area contributed by atoms with E-state index in [1.54, 1.807) is 7.11 Å². The molecule has 0 atom stereocenters. The Kier molecular flexibility index (Phi) is 6.19. The second-order valence-corrected chi connectivity index (χ2v) is 6.14. The van der Waals surface area contributed by atoms with E-state index >= 15 is 0 Å². The molecule has 1 aromatic heterocycles. The lowest BCUT2D eigenvalue weighted by atomic mass is 9.67. The summed E-state index contributed by atoms with van der Waals surface area (Å²) in [5.41, 5.74) is 2.64. The van der Waals surface area contributed by atoms with Crippen LogP contribution in [0.15, 0.2) is 23.3 Å². The average molecular weight is 304 g/mol. The van der Waals surface area contributed by atoms with Crippen LogP contribution in [0.5, 0.6) is 0 Å². The lowest BCUT2D eigenvalue weighted by Gasteiger charge is -2.42. The Hall–Kier alpha value is -1.62. The summed E-state index contributed by atoms with van der Waals surface area (Å²) < 4.78 is 5.24. The fraction of sp³-hybridized carbons (Fsp3) is 0.647. The van der Waals surface area contributed by atoms with Crippen molar-refractivity contribution in [2.75, 3.05) is 27.3 Å². The Balaban J connectivity index is 1.81. The zero-order valence-electron chi connectivity index (χ0n) is 14.0. The topological polar surface area (TPSA) is 58.5 Å². The van der Waals surface area contributed by atoms with E-state index in [1.807, 2.05) is 19.3 Å². The highest BCUT2D eigenvalue weighted by molar-refractivity contribution is 5.79. The fourth-order valence-electron chi connectivity index (χ4n) is 2.87. The Morgan fingerprint density at radius 3 is 2.82 bits per heavy atom. The molecule has 1 aliphatic carbocycles. The van der Waals surface area contributed by atoms with Gasteiger partial charge < -0.3 is 15.4 Å². The van der Waals surface area contributed by atoms with E-state index in [0.29, 0.717) is 12.0 Å². The number of methoxy groups -OCH3 is 1. The summed E-state index contributed by atoms with van der Waals surface area (Å²) in [6.45, 7) is 4.56. The number of pyridine rings is 1. The van der Waals surface area contributed by atoms with Crippen LogP contribution in [0.3, 0.4) is 0 Å². The Labute approximate surface area is 133 Å². The second-order valence-electron chi connectivity index (χ2n) is 6.14. The van der Waals surface area contributed by atoms with E-state index in [0.717, 1.165) is 31.2 Å². The SMILES string of the molecule is CN=C(NCc1ncccc1C)NCC1(CCOC)CCC1. The third-order valence-electron chi connectivity index (χ3n) is 4.65. The predicted octanol–water partition coefficient (Wildman–Crippen LogP) is 2.26. The Bertz CT molecular complexity index is 497. The number of nitrogens with zero attached hydrogens (tertiary/aromatic N) is 2. The van der Waals surface area contributed by atoms with Crippen molar-refractivity contribution in [3.63, 3.8) is 0 Å². The molecule has 1 aromatic rings. The molecular formula is C17H28N4O. The molecule has 0 aromatic carbocycles. The van der Waals surface area contributed by atoms with E-state index in [2.05, 4.69) is 33.6 Å². The molecule has 5 heteroatoms. The number of rotatable bonds is 7. The first-order chi connectivity index (χ1) is 10.7. The molecule has 0 saturated heterocycles. The normalized spacial score (nSPS) is 17.0. The van der Waals surface area contributed by atoms with Crippen LogP contribution in [0.4, 0.5) is 0 Å². The van der Waals surface area contributed by atoms with E-state index in [4.69, 9.17) is 4.74 Å². The smallest absolute Gasteiger partial charge is 0.191 e. The van der Waals surface area contributed by atoms with Gasteiger partial charge in [-0.3, -0.25) is 9.98 Å². The third-order valence-corrected chi connectivity index (χ3v) is 4.65. The number of nitrogens with one attached hydrogen (secondary N) is 2. The summed E-state index contributed by atoms with van der Waals surface area (Å²) in [4.78, 5) is 8.71. The Morgan fingerprint density at radius 1 is 1.41 bits per heavy atom. The summed E-state index contributed by atoms with van der Waals surface area (Å²) in [7, 11) is 3.58. The molecule has 0 amide bonds. The van der Waals surface area contributed by atoms with Crippen LogP contribution < -0.4 is 10.6 Å². The summed E-state index contributed by atoms with van der Waals surface area (Å²) in [6, 6.07) is 4.04. The average Bonchev–Trinajstić information content (AvgIpc) is 2.50. The molecule has 2 rings (SSSR count). The molecule has 1 fully saturated rings. The number of hydrogen-bond donors (Lipinski definition) is 2. The molecule has 5 nitrogen and oxygen atoms in total. The first kappa shape index (κ1) is 16.7. The molecule has 2 N–H and O–H groups in total. The van der Waals surface area contributed by atoms with Gasteiger partial charge in [0.1, 0.15) is 0 Å². The van der Waals surface area contributed by atoms with Gasteiger partial charge in [-0.05, 0) is 43.2 Å². The maximum absolute atomic E-state index is 5.24. The van der Waals surface area contributed by atoms with Crippen LogP contribution in [-0.2, 0) is 11.3 Å². The number of aromatic nitrogens is 1. The standard InChI is InChI=1S/C17H28N4O/c1-14-6-4-10-19-15(14)12-20-16(18-2)21-13-17(7-5-8-17)9-11-22-3/h4,6,10H,5,7-9,11-13H2,1-3H3,(H2,18,20,21). The molecular weight excluding hydrogens is 276 g/mol. The van der Waals surface area contributed by atoms with Gasteiger partial charge in [0.05, 0.1) is 12.2 Å². The van der Waals surface area contributed by atoms with E-state index < -0.39 is 0 Å². The minimum Gasteiger partial charge on any atom is -0.385 e. The van der Waals surface area contributed by atoms with Gasteiger partial charge in [-0.1, -0.05) is 12.5 Å². The fourth-order valence-corrected chi connectivity index (χ4v) is 2.87. The number of aliphatic imine (C=N–C) groups is 1. The highest BCUT2D eigenvalue weighted by Gasteiger charge is 2.36. The highest BCUT2D eigenvalue weighted by atomic mass is 16.5. The lowest BCUT2D eigenvalue weighted by Crippen LogP contribution is -2.46. The van der Waals surface area contributed by atoms with Crippen molar-refractivity contribution in [1.82, 2.24) is 15.6 Å². The van der Waals surface area contributed by atoms with Gasteiger partial charge in [-0.15, -0.1) is 0 Å². The molecule has 0 unspecified atom stereocenters. The maximum atomic E-state index is 5.24. The van der Waals surface area contributed by atoms with Crippen molar-refractivity contribution in [2.24, 2.45) is 10.4 Å². The monoisotopic (exact) mass is 304 g/mol. The zero-order chi connectivity index (χ0) is 15.8. The molecule has 0 spiro atoms. The van der Waals surface area contributed by atoms with Crippen LogP contribution in [0.2, 0.25) is 0 Å². The second kappa shape index (κ2) is 8.13. The summed E-state index contributed by atoms with van der Waals surface area (Å²) in [5.74, 6) is 0.841. The van der Waals surface area contributed by atoms with Crippen LogP contribution in [0.1, 0.15) is 36.9 Å². The van der Waals surface area contributed by atoms with Gasteiger partial charge in [-0.25, -0.2) is 0 Å². The van der Waals surface area contributed by atoms with Crippen LogP contribution in [0.25, 0.3) is 0 Å². The van der Waals surface area contributed by atoms with Crippen LogP contribution >= 0.6 is 0 Å². The third kappa shape index (κ3) is 4.44. The molecule has 0 radical (unpaired) electrons. The summed E-state index contributed by atoms with van der Waals surface area (Å²) in [5, 5.41) is 6.81. The van der Waals surface area contributed by atoms with Crippen molar-refractivity contribution in [3.05, 3.63) is 29.6 Å². The molecule has 22 heavy (non-hydrogen) atoms. The summed E-state index contributed by atoms with van der Waals surface area (Å²) >= 11 is 0. The van der Waals surface area contributed by atoms with Crippen molar-refractivity contribution in [3.8, 4) is 0 Å². The van der Waals surface area contributed by atoms with Gasteiger partial charge >= 0.3 is 0 Å². The largest absolute Gasteiger partial charge is 0.385 e. The van der Waals surface area contributed by atoms with Crippen LogP contribution in [0, 0.1) is 12.3 Å². The van der Waals surface area contributed by atoms with Gasteiger partial charge in [0, 0.05) is 33.5 Å². The Morgan fingerprint density at radius 2 is 2.23 bits per heavy atom. The minimum absolute atomic E-state index is 0.383. The maximum Gasteiger partial charge on any atom is 0.191 e. The number of hydrogen-bond acceptors (Lipinski definition) is 3. The van der Waals surface area contributed by atoms with E-state index in [-0.39, 0.29) is 0 Å². The molecule has 0 aliphatic heterocycles. The first-order valence-corrected chi connectivity index (χ1v) is 8.03.